The summed E-state index contributed by atoms with van der Waals surface area (Å²) in [5, 5.41) is 12.5. The van der Waals surface area contributed by atoms with Crippen LogP contribution in [0.4, 0.5) is 0 Å². The van der Waals surface area contributed by atoms with Gasteiger partial charge < -0.3 is 5.32 Å². The van der Waals surface area contributed by atoms with Crippen LogP contribution in [-0.2, 0) is 6.42 Å². The summed E-state index contributed by atoms with van der Waals surface area (Å²) < 4.78 is 0. The maximum atomic E-state index is 8.75. The molecular weight excluding hydrogens is 256 g/mol. The van der Waals surface area contributed by atoms with E-state index in [2.05, 4.69) is 70.3 Å². The molecule has 0 fully saturated rings. The molecule has 1 rings (SSSR count). The second-order valence-corrected chi connectivity index (χ2v) is 7.02. The molecule has 0 saturated heterocycles. The molecule has 0 saturated carbocycles. The summed E-state index contributed by atoms with van der Waals surface area (Å²) in [4.78, 5) is 0. The van der Waals surface area contributed by atoms with Crippen molar-refractivity contribution in [3.63, 3.8) is 0 Å². The Kier molecular flexibility index (Phi) is 6.92. The number of nitrogens with zero attached hydrogens (tertiary/aromatic N) is 1. The van der Waals surface area contributed by atoms with Crippen molar-refractivity contribution in [2.24, 2.45) is 11.3 Å². The number of hydrogen-bond donors (Lipinski definition) is 1. The maximum absolute atomic E-state index is 8.75. The number of benzene rings is 1. The van der Waals surface area contributed by atoms with E-state index >= 15 is 0 Å². The maximum Gasteiger partial charge on any atom is 0.0621 e. The van der Waals surface area contributed by atoms with E-state index in [-0.39, 0.29) is 5.41 Å². The zero-order chi connectivity index (χ0) is 15.9. The van der Waals surface area contributed by atoms with Crippen molar-refractivity contribution in [1.82, 2.24) is 5.32 Å². The molecule has 116 valence electrons. The lowest BCUT2D eigenvalue weighted by Crippen LogP contribution is -2.34. The second-order valence-electron chi connectivity index (χ2n) is 7.02. The highest BCUT2D eigenvalue weighted by atomic mass is 14.9. The molecule has 1 atom stereocenters. The van der Waals surface area contributed by atoms with Gasteiger partial charge in [0.05, 0.1) is 6.07 Å². The van der Waals surface area contributed by atoms with Gasteiger partial charge in [-0.15, -0.1) is 0 Å². The molecule has 0 aromatic heterocycles. The van der Waals surface area contributed by atoms with Crippen molar-refractivity contribution >= 4 is 0 Å². The Bertz CT molecular complexity index is 451. The van der Waals surface area contributed by atoms with E-state index in [1.54, 1.807) is 0 Å². The van der Waals surface area contributed by atoms with Crippen molar-refractivity contribution in [2.75, 3.05) is 6.54 Å². The molecule has 0 heterocycles. The number of rotatable bonds is 8. The zero-order valence-electron chi connectivity index (χ0n) is 14.2. The van der Waals surface area contributed by atoms with E-state index < -0.39 is 0 Å². The average Bonchev–Trinajstić information content (AvgIpc) is 2.45. The van der Waals surface area contributed by atoms with Crippen LogP contribution < -0.4 is 5.32 Å². The third kappa shape index (κ3) is 5.89. The standard InChI is InChI=1S/C19H30N2/c1-6-16-8-10-17(11-9-16)18(15(2)3)21-14-19(4,5)12-7-13-20/h8-11,15,18,21H,6-7,12,14H2,1-5H3. The molecule has 21 heavy (non-hydrogen) atoms. The fraction of sp³-hybridized carbons (Fsp3) is 0.632. The molecule has 1 unspecified atom stereocenters. The third-order valence-electron chi connectivity index (χ3n) is 4.13. The summed E-state index contributed by atoms with van der Waals surface area (Å²) in [7, 11) is 0. The first kappa shape index (κ1) is 17.7. The van der Waals surface area contributed by atoms with Crippen molar-refractivity contribution in [3.8, 4) is 6.07 Å². The SMILES string of the molecule is CCc1ccc(C(NCC(C)(C)CCC#N)C(C)C)cc1. The number of hydrogen-bond acceptors (Lipinski definition) is 2. The summed E-state index contributed by atoms with van der Waals surface area (Å²) >= 11 is 0. The van der Waals surface area contributed by atoms with Gasteiger partial charge in [-0.2, -0.15) is 5.26 Å². The molecular formula is C19H30N2. The number of nitrogens with one attached hydrogen (secondary N) is 1. The first-order valence-electron chi connectivity index (χ1n) is 8.09. The molecule has 0 radical (unpaired) electrons. The van der Waals surface area contributed by atoms with Crippen molar-refractivity contribution < 1.29 is 0 Å². The third-order valence-corrected chi connectivity index (χ3v) is 4.13. The van der Waals surface area contributed by atoms with Crippen molar-refractivity contribution in [3.05, 3.63) is 35.4 Å². The fourth-order valence-corrected chi connectivity index (χ4v) is 2.57. The van der Waals surface area contributed by atoms with Gasteiger partial charge in [-0.3, -0.25) is 0 Å². The van der Waals surface area contributed by atoms with Gasteiger partial charge >= 0.3 is 0 Å². The summed E-state index contributed by atoms with van der Waals surface area (Å²) in [6, 6.07) is 11.6. The van der Waals surface area contributed by atoms with Crippen LogP contribution in [0.5, 0.6) is 0 Å². The monoisotopic (exact) mass is 286 g/mol. The molecule has 1 aromatic carbocycles. The Labute approximate surface area is 130 Å². The molecule has 1 aromatic rings. The van der Waals surface area contributed by atoms with E-state index in [0.29, 0.717) is 18.4 Å². The van der Waals surface area contributed by atoms with Gasteiger partial charge in [0.2, 0.25) is 0 Å². The summed E-state index contributed by atoms with van der Waals surface area (Å²) in [6.07, 6.45) is 2.66. The molecule has 2 heteroatoms. The Hall–Kier alpha value is -1.33. The summed E-state index contributed by atoms with van der Waals surface area (Å²) in [6.45, 7) is 12.1. The van der Waals surface area contributed by atoms with E-state index in [4.69, 9.17) is 5.26 Å². The predicted molar refractivity (Wildman–Crippen MR) is 90.0 cm³/mol. The highest BCUT2D eigenvalue weighted by Crippen LogP contribution is 2.26. The van der Waals surface area contributed by atoms with Gasteiger partial charge in [0.1, 0.15) is 0 Å². The number of aryl methyl sites for hydroxylation is 1. The predicted octanol–water partition coefficient (Wildman–Crippen LogP) is 4.87. The van der Waals surface area contributed by atoms with Gasteiger partial charge in [-0.1, -0.05) is 58.9 Å². The molecule has 1 N–H and O–H groups in total. The Morgan fingerprint density at radius 1 is 1.19 bits per heavy atom. The normalized spacial score (nSPS) is 13.2. The molecule has 0 aliphatic rings. The molecule has 0 bridgehead atoms. The minimum Gasteiger partial charge on any atom is -0.309 e. The highest BCUT2D eigenvalue weighted by Gasteiger charge is 2.21. The molecule has 0 aliphatic heterocycles. The van der Waals surface area contributed by atoms with E-state index in [9.17, 15) is 0 Å². The highest BCUT2D eigenvalue weighted by molar-refractivity contribution is 5.25. The summed E-state index contributed by atoms with van der Waals surface area (Å²) in [5.74, 6) is 0.546. The van der Waals surface area contributed by atoms with E-state index in [1.165, 1.54) is 11.1 Å². The summed E-state index contributed by atoms with van der Waals surface area (Å²) in [5.41, 5.74) is 2.90. The second kappa shape index (κ2) is 8.20. The quantitative estimate of drug-likeness (QED) is 0.740. The lowest BCUT2D eigenvalue weighted by Gasteiger charge is -2.30. The van der Waals surface area contributed by atoms with Gasteiger partial charge in [-0.25, -0.2) is 0 Å². The van der Waals surface area contributed by atoms with Crippen LogP contribution in [0.3, 0.4) is 0 Å². The minimum absolute atomic E-state index is 0.159. The first-order valence-corrected chi connectivity index (χ1v) is 8.09. The van der Waals surface area contributed by atoms with Crippen molar-refractivity contribution in [2.45, 2.75) is 59.9 Å². The van der Waals surface area contributed by atoms with Gasteiger partial charge in [0, 0.05) is 19.0 Å². The van der Waals surface area contributed by atoms with Crippen LogP contribution in [0.25, 0.3) is 0 Å². The largest absolute Gasteiger partial charge is 0.309 e. The Morgan fingerprint density at radius 2 is 1.81 bits per heavy atom. The lowest BCUT2D eigenvalue weighted by atomic mass is 9.86. The van der Waals surface area contributed by atoms with Gasteiger partial charge in [-0.05, 0) is 35.3 Å². The van der Waals surface area contributed by atoms with E-state index in [1.807, 2.05) is 0 Å². The van der Waals surface area contributed by atoms with Crippen LogP contribution in [0.2, 0.25) is 0 Å². The van der Waals surface area contributed by atoms with Crippen LogP contribution in [-0.4, -0.2) is 6.54 Å². The molecule has 0 aliphatic carbocycles. The topological polar surface area (TPSA) is 35.8 Å². The zero-order valence-corrected chi connectivity index (χ0v) is 14.2. The van der Waals surface area contributed by atoms with Crippen LogP contribution in [0.1, 0.15) is 64.6 Å². The molecule has 0 amide bonds. The Balaban J connectivity index is 2.71. The molecule has 0 spiro atoms. The van der Waals surface area contributed by atoms with Crippen LogP contribution in [0, 0.1) is 22.7 Å². The van der Waals surface area contributed by atoms with Gasteiger partial charge in [0.25, 0.3) is 0 Å². The smallest absolute Gasteiger partial charge is 0.0621 e. The molecule has 2 nitrogen and oxygen atoms in total. The van der Waals surface area contributed by atoms with E-state index in [0.717, 1.165) is 19.4 Å². The van der Waals surface area contributed by atoms with Crippen LogP contribution >= 0.6 is 0 Å². The lowest BCUT2D eigenvalue weighted by molar-refractivity contribution is 0.280. The van der Waals surface area contributed by atoms with Crippen molar-refractivity contribution in [1.29, 1.82) is 5.26 Å². The minimum atomic E-state index is 0.159. The van der Waals surface area contributed by atoms with Crippen LogP contribution in [0.15, 0.2) is 24.3 Å². The average molecular weight is 286 g/mol. The van der Waals surface area contributed by atoms with Gasteiger partial charge in [0.15, 0.2) is 0 Å². The Morgan fingerprint density at radius 3 is 2.29 bits per heavy atom. The first-order chi connectivity index (χ1) is 9.89. The number of nitriles is 1. The fourth-order valence-electron chi connectivity index (χ4n) is 2.57.